The molecule has 0 saturated carbocycles. The van der Waals surface area contributed by atoms with E-state index in [1.165, 1.54) is 6.07 Å². The molecule has 110 valence electrons. The number of nitro benzene ring substituents is 1. The summed E-state index contributed by atoms with van der Waals surface area (Å²) in [4.78, 5) is 16.8. The molecule has 1 atom stereocenters. The normalized spacial score (nSPS) is 12.0. The van der Waals surface area contributed by atoms with Crippen LogP contribution in [0.25, 0.3) is 0 Å². The molecule has 0 bridgehead atoms. The monoisotopic (exact) mass is 287 g/mol. The summed E-state index contributed by atoms with van der Waals surface area (Å²) in [5.41, 5.74) is 1.83. The van der Waals surface area contributed by atoms with E-state index in [4.69, 9.17) is 0 Å². The number of nitro groups is 1. The summed E-state index contributed by atoms with van der Waals surface area (Å²) in [7, 11) is 1.78. The van der Waals surface area contributed by atoms with Gasteiger partial charge in [-0.15, -0.1) is 0 Å². The molecule has 0 aliphatic carbocycles. The second kappa shape index (κ2) is 6.32. The van der Waals surface area contributed by atoms with Crippen molar-refractivity contribution in [2.75, 3.05) is 11.9 Å². The van der Waals surface area contributed by atoms with Crippen molar-refractivity contribution in [2.45, 2.75) is 19.6 Å². The highest BCUT2D eigenvalue weighted by atomic mass is 16.6. The van der Waals surface area contributed by atoms with Gasteiger partial charge in [-0.05, 0) is 30.7 Å². The minimum atomic E-state index is -0.737. The molecule has 0 amide bonds. The van der Waals surface area contributed by atoms with Gasteiger partial charge in [0.25, 0.3) is 5.69 Å². The molecule has 0 aliphatic rings. The van der Waals surface area contributed by atoms with Crippen LogP contribution in [-0.4, -0.2) is 22.1 Å². The Kier molecular flexibility index (Phi) is 4.49. The van der Waals surface area contributed by atoms with Gasteiger partial charge in [-0.2, -0.15) is 0 Å². The first-order valence-electron chi connectivity index (χ1n) is 6.56. The predicted octanol–water partition coefficient (Wildman–Crippen LogP) is 2.68. The zero-order valence-electron chi connectivity index (χ0n) is 11.9. The van der Waals surface area contributed by atoms with Gasteiger partial charge in [0.1, 0.15) is 5.69 Å². The van der Waals surface area contributed by atoms with E-state index in [9.17, 15) is 15.2 Å². The fraction of sp³-hybridized carbons (Fsp3) is 0.267. The molecule has 6 heteroatoms. The summed E-state index contributed by atoms with van der Waals surface area (Å²) in [6, 6.07) is 10.3. The maximum atomic E-state index is 11.2. The van der Waals surface area contributed by atoms with Gasteiger partial charge in [0, 0.05) is 19.3 Å². The fourth-order valence-corrected chi connectivity index (χ4v) is 2.09. The fourth-order valence-electron chi connectivity index (χ4n) is 2.09. The van der Waals surface area contributed by atoms with Crippen LogP contribution in [0.15, 0.2) is 42.6 Å². The number of pyridine rings is 1. The number of aliphatic hydroxyl groups excluding tert-OH is 1. The Hall–Kier alpha value is -2.47. The molecule has 0 spiro atoms. The van der Waals surface area contributed by atoms with E-state index < -0.39 is 11.0 Å². The first-order chi connectivity index (χ1) is 9.99. The average Bonchev–Trinajstić information content (AvgIpc) is 2.47. The van der Waals surface area contributed by atoms with Gasteiger partial charge < -0.3 is 10.0 Å². The third-order valence-corrected chi connectivity index (χ3v) is 3.22. The highest BCUT2D eigenvalue weighted by Gasteiger charge is 2.19. The van der Waals surface area contributed by atoms with Crippen LogP contribution < -0.4 is 4.90 Å². The molecule has 1 aromatic heterocycles. The number of benzene rings is 1. The van der Waals surface area contributed by atoms with Crippen LogP contribution in [0.5, 0.6) is 0 Å². The van der Waals surface area contributed by atoms with Crippen LogP contribution >= 0.6 is 0 Å². The van der Waals surface area contributed by atoms with E-state index in [-0.39, 0.29) is 5.69 Å². The quantitative estimate of drug-likeness (QED) is 0.675. The van der Waals surface area contributed by atoms with Crippen LogP contribution in [0.1, 0.15) is 24.3 Å². The lowest BCUT2D eigenvalue weighted by Crippen LogP contribution is -2.18. The predicted molar refractivity (Wildman–Crippen MR) is 80.1 cm³/mol. The molecule has 0 unspecified atom stereocenters. The summed E-state index contributed by atoms with van der Waals surface area (Å²) in [5.74, 6) is 0. The number of nitrogens with zero attached hydrogens (tertiary/aromatic N) is 3. The highest BCUT2D eigenvalue weighted by molar-refractivity contribution is 5.64. The summed E-state index contributed by atoms with van der Waals surface area (Å²) in [6.07, 6.45) is 0.951. The van der Waals surface area contributed by atoms with Gasteiger partial charge in [0.2, 0.25) is 0 Å². The van der Waals surface area contributed by atoms with Crippen molar-refractivity contribution in [3.63, 3.8) is 0 Å². The first-order valence-corrected chi connectivity index (χ1v) is 6.56. The summed E-state index contributed by atoms with van der Waals surface area (Å²) in [6.45, 7) is 2.05. The molecule has 1 N–H and O–H groups in total. The lowest BCUT2D eigenvalue weighted by Gasteiger charge is -2.19. The van der Waals surface area contributed by atoms with Crippen molar-refractivity contribution >= 4 is 11.4 Å². The average molecular weight is 287 g/mol. The molecule has 0 saturated heterocycles. The minimum absolute atomic E-state index is 0.0215. The molecule has 2 rings (SSSR count). The van der Waals surface area contributed by atoms with Gasteiger partial charge in [0.05, 0.1) is 23.3 Å². The lowest BCUT2D eigenvalue weighted by molar-refractivity contribution is -0.384. The molecule has 0 radical (unpaired) electrons. The Morgan fingerprint density at radius 1 is 1.38 bits per heavy atom. The van der Waals surface area contributed by atoms with E-state index in [0.717, 1.165) is 5.69 Å². The molecule has 2 aromatic rings. The second-order valence-corrected chi connectivity index (χ2v) is 4.86. The van der Waals surface area contributed by atoms with Gasteiger partial charge in [0.15, 0.2) is 0 Å². The number of rotatable bonds is 5. The molecule has 0 aliphatic heterocycles. The Morgan fingerprint density at radius 2 is 2.14 bits per heavy atom. The van der Waals surface area contributed by atoms with Crippen LogP contribution in [-0.2, 0) is 6.54 Å². The zero-order chi connectivity index (χ0) is 15.4. The van der Waals surface area contributed by atoms with E-state index >= 15 is 0 Å². The minimum Gasteiger partial charge on any atom is -0.389 e. The van der Waals surface area contributed by atoms with Gasteiger partial charge in [-0.1, -0.05) is 12.1 Å². The maximum absolute atomic E-state index is 11.2. The van der Waals surface area contributed by atoms with Crippen LogP contribution in [0.4, 0.5) is 11.4 Å². The molecule has 21 heavy (non-hydrogen) atoms. The molecular weight excluding hydrogens is 270 g/mol. The number of aromatic nitrogens is 1. The number of anilines is 1. The Balaban J connectivity index is 2.32. The van der Waals surface area contributed by atoms with Crippen molar-refractivity contribution in [2.24, 2.45) is 0 Å². The zero-order valence-corrected chi connectivity index (χ0v) is 11.9. The molecular formula is C15H17N3O3. The van der Waals surface area contributed by atoms with E-state index in [2.05, 4.69) is 4.98 Å². The van der Waals surface area contributed by atoms with Gasteiger partial charge in [-0.3, -0.25) is 15.1 Å². The molecule has 1 aromatic carbocycles. The SMILES string of the molecule is C[C@@H](O)c1ccc(N(C)Cc2ccccn2)c([N+](=O)[O-])c1. The van der Waals surface area contributed by atoms with Gasteiger partial charge >= 0.3 is 0 Å². The van der Waals surface area contributed by atoms with Crippen LogP contribution in [0.3, 0.4) is 0 Å². The van der Waals surface area contributed by atoms with Crippen LogP contribution in [0, 0.1) is 10.1 Å². The standard InChI is InChI=1S/C15H17N3O3/c1-11(19)12-6-7-14(15(9-12)18(20)21)17(2)10-13-5-3-4-8-16-13/h3-9,11,19H,10H2,1-2H3/t11-/m1/s1. The Bertz CT molecular complexity index is 629. The third-order valence-electron chi connectivity index (χ3n) is 3.22. The van der Waals surface area contributed by atoms with Crippen LogP contribution in [0.2, 0.25) is 0 Å². The van der Waals surface area contributed by atoms with E-state index in [1.54, 1.807) is 37.2 Å². The Labute approximate surface area is 122 Å². The topological polar surface area (TPSA) is 79.5 Å². The number of aliphatic hydroxyl groups is 1. The van der Waals surface area contributed by atoms with Crippen molar-refractivity contribution in [1.82, 2.24) is 4.98 Å². The smallest absolute Gasteiger partial charge is 0.292 e. The van der Waals surface area contributed by atoms with Crippen molar-refractivity contribution in [3.05, 3.63) is 64.0 Å². The van der Waals surface area contributed by atoms with Gasteiger partial charge in [-0.25, -0.2) is 0 Å². The lowest BCUT2D eigenvalue weighted by atomic mass is 10.1. The highest BCUT2D eigenvalue weighted by Crippen LogP contribution is 2.31. The van der Waals surface area contributed by atoms with Crippen molar-refractivity contribution in [1.29, 1.82) is 0 Å². The maximum Gasteiger partial charge on any atom is 0.292 e. The van der Waals surface area contributed by atoms with Crippen molar-refractivity contribution < 1.29 is 10.0 Å². The first kappa shape index (κ1) is 14.9. The molecule has 1 heterocycles. The Morgan fingerprint density at radius 3 is 2.71 bits per heavy atom. The summed E-state index contributed by atoms with van der Waals surface area (Å²) >= 11 is 0. The second-order valence-electron chi connectivity index (χ2n) is 4.86. The number of hydrogen-bond donors (Lipinski definition) is 1. The molecule has 6 nitrogen and oxygen atoms in total. The largest absolute Gasteiger partial charge is 0.389 e. The van der Waals surface area contributed by atoms with E-state index in [1.807, 2.05) is 18.2 Å². The van der Waals surface area contributed by atoms with Crippen molar-refractivity contribution in [3.8, 4) is 0 Å². The molecule has 0 fully saturated rings. The summed E-state index contributed by atoms with van der Waals surface area (Å²) < 4.78 is 0. The third kappa shape index (κ3) is 3.55. The summed E-state index contributed by atoms with van der Waals surface area (Å²) in [5, 5.41) is 20.8. The number of hydrogen-bond acceptors (Lipinski definition) is 5. The van der Waals surface area contributed by atoms with E-state index in [0.29, 0.717) is 17.8 Å².